The van der Waals surface area contributed by atoms with E-state index >= 15 is 0 Å². The number of hydrogen-bond acceptors (Lipinski definition) is 5. The summed E-state index contributed by atoms with van der Waals surface area (Å²) in [4.78, 5) is 11.9. The molecule has 0 saturated carbocycles. The number of halogens is 1. The summed E-state index contributed by atoms with van der Waals surface area (Å²) in [5.41, 5.74) is 1.43. The maximum atomic E-state index is 13.4. The Kier molecular flexibility index (Phi) is 4.15. The smallest absolute Gasteiger partial charge is 0.307 e. The van der Waals surface area contributed by atoms with Crippen molar-refractivity contribution in [2.45, 2.75) is 26.3 Å². The Bertz CT molecular complexity index is 837. The normalized spacial score (nSPS) is 11.0. The van der Waals surface area contributed by atoms with Crippen molar-refractivity contribution in [1.29, 1.82) is 0 Å². The number of thiazole rings is 1. The molecule has 5 nitrogen and oxygen atoms in total. The number of benzene rings is 1. The van der Waals surface area contributed by atoms with E-state index in [1.165, 1.54) is 12.1 Å². The second-order valence-electron chi connectivity index (χ2n) is 4.87. The van der Waals surface area contributed by atoms with E-state index in [1.807, 2.05) is 0 Å². The van der Waals surface area contributed by atoms with Gasteiger partial charge in [0.15, 0.2) is 0 Å². The second-order valence-corrected chi connectivity index (χ2v) is 5.69. The molecule has 22 heavy (non-hydrogen) atoms. The van der Waals surface area contributed by atoms with Crippen LogP contribution in [0.5, 0.6) is 0 Å². The van der Waals surface area contributed by atoms with Gasteiger partial charge in [-0.2, -0.15) is 0 Å². The van der Waals surface area contributed by atoms with Gasteiger partial charge in [0.2, 0.25) is 11.8 Å². The van der Waals surface area contributed by atoms with Crippen molar-refractivity contribution in [2.24, 2.45) is 0 Å². The zero-order chi connectivity index (χ0) is 15.5. The molecule has 0 aliphatic carbocycles. The molecule has 3 rings (SSSR count). The van der Waals surface area contributed by atoms with E-state index in [2.05, 4.69) is 10.2 Å². The Balaban J connectivity index is 1.76. The molecular weight excluding hydrogens is 305 g/mol. The molecule has 0 spiro atoms. The third-order valence-corrected chi connectivity index (χ3v) is 4.01. The molecule has 0 radical (unpaired) electrons. The lowest BCUT2D eigenvalue weighted by atomic mass is 10.1. The lowest BCUT2D eigenvalue weighted by Crippen LogP contribution is -2.15. The first kappa shape index (κ1) is 14.6. The summed E-state index contributed by atoms with van der Waals surface area (Å²) >= 11 is 1.12. The Morgan fingerprint density at radius 2 is 2.23 bits per heavy atom. The SMILES string of the molecule is Cc1nnc(CCCn2c(-c3cccc(F)c3)csc2=O)o1. The van der Waals surface area contributed by atoms with Crippen molar-refractivity contribution >= 4 is 11.3 Å². The van der Waals surface area contributed by atoms with Crippen molar-refractivity contribution in [3.8, 4) is 11.3 Å². The minimum Gasteiger partial charge on any atom is -0.426 e. The lowest BCUT2D eigenvalue weighted by molar-refractivity contribution is 0.454. The molecule has 0 saturated heterocycles. The van der Waals surface area contributed by atoms with E-state index in [4.69, 9.17) is 4.42 Å². The van der Waals surface area contributed by atoms with Crippen LogP contribution in [-0.2, 0) is 13.0 Å². The van der Waals surface area contributed by atoms with Gasteiger partial charge < -0.3 is 4.42 Å². The molecule has 0 fully saturated rings. The number of rotatable bonds is 5. The molecule has 0 amide bonds. The summed E-state index contributed by atoms with van der Waals surface area (Å²) in [5, 5.41) is 9.46. The fourth-order valence-corrected chi connectivity index (χ4v) is 3.03. The predicted molar refractivity (Wildman–Crippen MR) is 81.3 cm³/mol. The van der Waals surface area contributed by atoms with Crippen LogP contribution in [0.25, 0.3) is 11.3 Å². The molecule has 0 N–H and O–H groups in total. The molecule has 0 unspecified atom stereocenters. The van der Waals surface area contributed by atoms with Gasteiger partial charge in [0.05, 0.1) is 5.69 Å². The first-order chi connectivity index (χ1) is 10.6. The fourth-order valence-electron chi connectivity index (χ4n) is 2.24. The van der Waals surface area contributed by atoms with Gasteiger partial charge in [-0.25, -0.2) is 4.39 Å². The molecule has 2 heterocycles. The average molecular weight is 319 g/mol. The summed E-state index contributed by atoms with van der Waals surface area (Å²) in [6, 6.07) is 6.25. The average Bonchev–Trinajstić information content (AvgIpc) is 3.06. The Morgan fingerprint density at radius 3 is 2.95 bits per heavy atom. The van der Waals surface area contributed by atoms with Crippen LogP contribution in [-0.4, -0.2) is 14.8 Å². The van der Waals surface area contributed by atoms with Crippen molar-refractivity contribution in [3.05, 3.63) is 56.9 Å². The second kappa shape index (κ2) is 6.23. The molecular formula is C15H14FN3O2S. The highest BCUT2D eigenvalue weighted by Gasteiger charge is 2.10. The largest absolute Gasteiger partial charge is 0.426 e. The minimum absolute atomic E-state index is 0.0547. The van der Waals surface area contributed by atoms with Gasteiger partial charge in [0, 0.05) is 30.8 Å². The first-order valence-corrected chi connectivity index (χ1v) is 7.75. The standard InChI is InChI=1S/C15H14FN3O2S/c1-10-17-18-14(21-10)6-3-7-19-13(9-22-15(19)20)11-4-2-5-12(16)8-11/h2,4-5,8-9H,3,6-7H2,1H3. The molecule has 0 bridgehead atoms. The van der Waals surface area contributed by atoms with E-state index in [1.54, 1.807) is 29.0 Å². The van der Waals surface area contributed by atoms with Gasteiger partial charge in [-0.05, 0) is 18.6 Å². The zero-order valence-electron chi connectivity index (χ0n) is 12.0. The zero-order valence-corrected chi connectivity index (χ0v) is 12.8. The van der Waals surface area contributed by atoms with Crippen molar-refractivity contribution in [2.75, 3.05) is 0 Å². The van der Waals surface area contributed by atoms with E-state index in [0.717, 1.165) is 17.0 Å². The van der Waals surface area contributed by atoms with E-state index in [9.17, 15) is 9.18 Å². The monoisotopic (exact) mass is 319 g/mol. The third-order valence-electron chi connectivity index (χ3n) is 3.24. The van der Waals surface area contributed by atoms with E-state index in [-0.39, 0.29) is 10.7 Å². The fraction of sp³-hybridized carbons (Fsp3) is 0.267. The van der Waals surface area contributed by atoms with Gasteiger partial charge in [0.25, 0.3) is 0 Å². The summed E-state index contributed by atoms with van der Waals surface area (Å²) < 4.78 is 20.3. The van der Waals surface area contributed by atoms with Crippen molar-refractivity contribution < 1.29 is 8.81 Å². The molecule has 7 heteroatoms. The lowest BCUT2D eigenvalue weighted by Gasteiger charge is -2.07. The highest BCUT2D eigenvalue weighted by atomic mass is 32.1. The van der Waals surface area contributed by atoms with Gasteiger partial charge in [0.1, 0.15) is 5.82 Å². The quantitative estimate of drug-likeness (QED) is 0.725. The topological polar surface area (TPSA) is 60.9 Å². The maximum Gasteiger partial charge on any atom is 0.307 e. The molecule has 1 aromatic carbocycles. The molecule has 0 aliphatic rings. The van der Waals surface area contributed by atoms with Gasteiger partial charge in [-0.1, -0.05) is 23.5 Å². The molecule has 0 atom stereocenters. The van der Waals surface area contributed by atoms with Crippen LogP contribution in [0.4, 0.5) is 4.39 Å². The van der Waals surface area contributed by atoms with E-state index < -0.39 is 0 Å². The summed E-state index contributed by atoms with van der Waals surface area (Å²) in [7, 11) is 0. The minimum atomic E-state index is -0.316. The van der Waals surface area contributed by atoms with Gasteiger partial charge in [-0.15, -0.1) is 10.2 Å². The number of aryl methyl sites for hydroxylation is 2. The van der Waals surface area contributed by atoms with Gasteiger partial charge >= 0.3 is 4.87 Å². The summed E-state index contributed by atoms with van der Waals surface area (Å²) in [6.07, 6.45) is 1.30. The van der Waals surface area contributed by atoms with Crippen LogP contribution in [0.3, 0.4) is 0 Å². The van der Waals surface area contributed by atoms with Crippen molar-refractivity contribution in [3.63, 3.8) is 0 Å². The summed E-state index contributed by atoms with van der Waals surface area (Å²) in [6.45, 7) is 2.26. The number of aromatic nitrogens is 3. The molecule has 2 aromatic heterocycles. The predicted octanol–water partition coefficient (Wildman–Crippen LogP) is 3.04. The third kappa shape index (κ3) is 3.14. The highest BCUT2D eigenvalue weighted by Crippen LogP contribution is 2.21. The first-order valence-electron chi connectivity index (χ1n) is 6.87. The molecule has 0 aliphatic heterocycles. The maximum absolute atomic E-state index is 13.4. The van der Waals surface area contributed by atoms with E-state index in [0.29, 0.717) is 36.7 Å². The Labute approximate surface area is 130 Å². The number of nitrogens with zero attached hydrogens (tertiary/aromatic N) is 3. The van der Waals surface area contributed by atoms with Gasteiger partial charge in [-0.3, -0.25) is 9.36 Å². The van der Waals surface area contributed by atoms with Crippen molar-refractivity contribution in [1.82, 2.24) is 14.8 Å². The molecule has 114 valence electrons. The van der Waals surface area contributed by atoms with Crippen LogP contribution < -0.4 is 4.87 Å². The van der Waals surface area contributed by atoms with Crippen LogP contribution in [0.15, 0.2) is 38.9 Å². The number of hydrogen-bond donors (Lipinski definition) is 0. The Morgan fingerprint density at radius 1 is 1.36 bits per heavy atom. The van der Waals surface area contributed by atoms with Crippen LogP contribution in [0, 0.1) is 12.7 Å². The molecule has 3 aromatic rings. The highest BCUT2D eigenvalue weighted by molar-refractivity contribution is 7.07. The van der Waals surface area contributed by atoms with Crippen LogP contribution in [0.2, 0.25) is 0 Å². The Hall–Kier alpha value is -2.28. The summed E-state index contributed by atoms with van der Waals surface area (Å²) in [5.74, 6) is 0.778. The van der Waals surface area contributed by atoms with Crippen LogP contribution in [0.1, 0.15) is 18.2 Å². The van der Waals surface area contributed by atoms with Crippen LogP contribution >= 0.6 is 11.3 Å².